The molecular formula is C13H20N2O. The summed E-state index contributed by atoms with van der Waals surface area (Å²) in [5.41, 5.74) is 7.70. The highest BCUT2D eigenvalue weighted by atomic mass is 16.3. The van der Waals surface area contributed by atoms with Gasteiger partial charge in [0.2, 0.25) is 0 Å². The van der Waals surface area contributed by atoms with Crippen LogP contribution in [0.5, 0.6) is 0 Å². The van der Waals surface area contributed by atoms with Gasteiger partial charge in [0, 0.05) is 11.8 Å². The number of nitrogens with zero attached hydrogens (tertiary/aromatic N) is 1. The molecule has 1 fully saturated rings. The minimum atomic E-state index is -0.0145. The van der Waals surface area contributed by atoms with Crippen molar-refractivity contribution in [2.45, 2.75) is 51.0 Å². The Morgan fingerprint density at radius 1 is 1.25 bits per heavy atom. The minimum Gasteiger partial charge on any atom is -0.392 e. The van der Waals surface area contributed by atoms with Gasteiger partial charge in [-0.3, -0.25) is 0 Å². The highest BCUT2D eigenvalue weighted by molar-refractivity contribution is 5.41. The zero-order chi connectivity index (χ0) is 11.4. The molecule has 0 atom stereocenters. The molecule has 88 valence electrons. The zero-order valence-corrected chi connectivity index (χ0v) is 9.65. The number of aliphatic hydroxyl groups is 1. The predicted octanol–water partition coefficient (Wildman–Crippen LogP) is 2.59. The van der Waals surface area contributed by atoms with Crippen molar-refractivity contribution in [3.05, 3.63) is 23.4 Å². The Kier molecular flexibility index (Phi) is 3.78. The summed E-state index contributed by atoms with van der Waals surface area (Å²) in [6.07, 6.45) is 9.70. The van der Waals surface area contributed by atoms with Crippen LogP contribution in [0.25, 0.3) is 0 Å². The van der Waals surface area contributed by atoms with Crippen molar-refractivity contribution in [2.75, 3.05) is 5.73 Å². The van der Waals surface area contributed by atoms with E-state index >= 15 is 0 Å². The molecule has 3 heteroatoms. The van der Waals surface area contributed by atoms with E-state index < -0.39 is 0 Å². The zero-order valence-electron chi connectivity index (χ0n) is 9.65. The van der Waals surface area contributed by atoms with E-state index in [1.807, 2.05) is 12.3 Å². The maximum absolute atomic E-state index is 9.18. The van der Waals surface area contributed by atoms with E-state index in [2.05, 4.69) is 4.98 Å². The second-order valence-corrected chi connectivity index (χ2v) is 4.66. The average Bonchev–Trinajstić information content (AvgIpc) is 2.58. The third-order valence-electron chi connectivity index (χ3n) is 3.52. The molecule has 2 rings (SSSR count). The molecule has 0 saturated heterocycles. The molecule has 0 bridgehead atoms. The first-order valence-corrected chi connectivity index (χ1v) is 6.16. The SMILES string of the molecule is Nc1ncc(C2CCCCCC2)cc1CO. The van der Waals surface area contributed by atoms with Gasteiger partial charge >= 0.3 is 0 Å². The van der Waals surface area contributed by atoms with Crippen molar-refractivity contribution in [3.8, 4) is 0 Å². The number of aliphatic hydroxyl groups excluding tert-OH is 1. The number of nitrogen functional groups attached to an aromatic ring is 1. The second-order valence-electron chi connectivity index (χ2n) is 4.66. The Hall–Kier alpha value is -1.09. The van der Waals surface area contributed by atoms with Gasteiger partial charge in [-0.25, -0.2) is 4.98 Å². The minimum absolute atomic E-state index is 0.0145. The van der Waals surface area contributed by atoms with Crippen LogP contribution in [0.1, 0.15) is 55.6 Å². The number of nitrogens with two attached hydrogens (primary N) is 1. The van der Waals surface area contributed by atoms with E-state index in [4.69, 9.17) is 5.73 Å². The van der Waals surface area contributed by atoms with E-state index in [0.717, 1.165) is 5.56 Å². The Labute approximate surface area is 96.7 Å². The van der Waals surface area contributed by atoms with Crippen LogP contribution in [0.4, 0.5) is 5.82 Å². The summed E-state index contributed by atoms with van der Waals surface area (Å²) in [6, 6.07) is 2.03. The summed E-state index contributed by atoms with van der Waals surface area (Å²) >= 11 is 0. The molecule has 0 aliphatic heterocycles. The van der Waals surface area contributed by atoms with Gasteiger partial charge < -0.3 is 10.8 Å². The lowest BCUT2D eigenvalue weighted by atomic mass is 9.92. The molecule has 1 aromatic rings. The fourth-order valence-electron chi connectivity index (χ4n) is 2.50. The van der Waals surface area contributed by atoms with Gasteiger partial charge in [0.15, 0.2) is 0 Å². The normalized spacial score (nSPS) is 18.3. The summed E-state index contributed by atoms with van der Waals surface area (Å²) in [5.74, 6) is 1.07. The molecule has 16 heavy (non-hydrogen) atoms. The van der Waals surface area contributed by atoms with Crippen LogP contribution in [0.3, 0.4) is 0 Å². The van der Waals surface area contributed by atoms with Gasteiger partial charge in [0.05, 0.1) is 6.61 Å². The van der Waals surface area contributed by atoms with Crippen molar-refractivity contribution in [1.82, 2.24) is 4.98 Å². The van der Waals surface area contributed by atoms with Gasteiger partial charge in [-0.2, -0.15) is 0 Å². The summed E-state index contributed by atoms with van der Waals surface area (Å²) < 4.78 is 0. The molecule has 3 nitrogen and oxygen atoms in total. The molecule has 1 heterocycles. The fourth-order valence-corrected chi connectivity index (χ4v) is 2.50. The molecule has 1 aromatic heterocycles. The second kappa shape index (κ2) is 5.30. The van der Waals surface area contributed by atoms with Crippen LogP contribution in [-0.2, 0) is 6.61 Å². The lowest BCUT2D eigenvalue weighted by Crippen LogP contribution is -2.03. The summed E-state index contributed by atoms with van der Waals surface area (Å²) in [7, 11) is 0. The first-order valence-electron chi connectivity index (χ1n) is 6.16. The van der Waals surface area contributed by atoms with Crippen LogP contribution in [-0.4, -0.2) is 10.1 Å². The third-order valence-corrected chi connectivity index (χ3v) is 3.52. The third kappa shape index (κ3) is 2.53. The van der Waals surface area contributed by atoms with Crippen LogP contribution in [0.15, 0.2) is 12.3 Å². The van der Waals surface area contributed by atoms with Gasteiger partial charge in [0.25, 0.3) is 0 Å². The molecule has 0 spiro atoms. The number of anilines is 1. The Bertz CT molecular complexity index is 344. The lowest BCUT2D eigenvalue weighted by molar-refractivity contribution is 0.282. The molecule has 0 radical (unpaired) electrons. The molecular weight excluding hydrogens is 200 g/mol. The summed E-state index contributed by atoms with van der Waals surface area (Å²) in [4.78, 5) is 4.17. The monoisotopic (exact) mass is 220 g/mol. The van der Waals surface area contributed by atoms with E-state index in [0.29, 0.717) is 11.7 Å². The smallest absolute Gasteiger partial charge is 0.128 e. The number of rotatable bonds is 2. The van der Waals surface area contributed by atoms with E-state index in [-0.39, 0.29) is 6.61 Å². The maximum Gasteiger partial charge on any atom is 0.128 e. The molecule has 0 amide bonds. The van der Waals surface area contributed by atoms with Crippen molar-refractivity contribution >= 4 is 5.82 Å². The van der Waals surface area contributed by atoms with Gasteiger partial charge in [-0.15, -0.1) is 0 Å². The van der Waals surface area contributed by atoms with Crippen LogP contribution in [0, 0.1) is 0 Å². The molecule has 0 unspecified atom stereocenters. The highest BCUT2D eigenvalue weighted by Crippen LogP contribution is 2.32. The average molecular weight is 220 g/mol. The first kappa shape index (κ1) is 11.4. The van der Waals surface area contributed by atoms with E-state index in [1.54, 1.807) is 0 Å². The van der Waals surface area contributed by atoms with E-state index in [1.165, 1.54) is 44.1 Å². The Morgan fingerprint density at radius 3 is 2.56 bits per heavy atom. The van der Waals surface area contributed by atoms with Gasteiger partial charge in [-0.05, 0) is 30.4 Å². The molecule has 1 aliphatic rings. The quantitative estimate of drug-likeness (QED) is 0.753. The van der Waals surface area contributed by atoms with Crippen molar-refractivity contribution in [1.29, 1.82) is 0 Å². The van der Waals surface area contributed by atoms with Gasteiger partial charge in [-0.1, -0.05) is 25.7 Å². The summed E-state index contributed by atoms with van der Waals surface area (Å²) in [5, 5.41) is 9.18. The van der Waals surface area contributed by atoms with Crippen molar-refractivity contribution in [3.63, 3.8) is 0 Å². The first-order chi connectivity index (χ1) is 7.81. The van der Waals surface area contributed by atoms with Crippen LogP contribution < -0.4 is 5.73 Å². The Balaban J connectivity index is 2.18. The standard InChI is InChI=1S/C13H20N2O/c14-13-12(9-16)7-11(8-15-13)10-5-3-1-2-4-6-10/h7-8,10,16H,1-6,9H2,(H2,14,15). The van der Waals surface area contributed by atoms with Crippen molar-refractivity contribution < 1.29 is 5.11 Å². The number of hydrogen-bond acceptors (Lipinski definition) is 3. The number of pyridine rings is 1. The molecule has 1 aliphatic carbocycles. The number of aromatic nitrogens is 1. The van der Waals surface area contributed by atoms with Crippen LogP contribution >= 0.6 is 0 Å². The molecule has 1 saturated carbocycles. The van der Waals surface area contributed by atoms with Crippen molar-refractivity contribution in [2.24, 2.45) is 0 Å². The van der Waals surface area contributed by atoms with Crippen LogP contribution in [0.2, 0.25) is 0 Å². The Morgan fingerprint density at radius 2 is 1.94 bits per heavy atom. The lowest BCUT2D eigenvalue weighted by Gasteiger charge is -2.15. The molecule has 0 aromatic carbocycles. The number of hydrogen-bond donors (Lipinski definition) is 2. The predicted molar refractivity (Wildman–Crippen MR) is 65.0 cm³/mol. The fraction of sp³-hybridized carbons (Fsp3) is 0.615. The van der Waals surface area contributed by atoms with Gasteiger partial charge in [0.1, 0.15) is 5.82 Å². The maximum atomic E-state index is 9.18. The van der Waals surface area contributed by atoms with E-state index in [9.17, 15) is 5.11 Å². The summed E-state index contributed by atoms with van der Waals surface area (Å²) in [6.45, 7) is -0.0145. The molecule has 3 N–H and O–H groups in total. The largest absolute Gasteiger partial charge is 0.392 e. The topological polar surface area (TPSA) is 59.1 Å². The highest BCUT2D eigenvalue weighted by Gasteiger charge is 2.15.